The first-order chi connectivity index (χ1) is 8.63. The summed E-state index contributed by atoms with van der Waals surface area (Å²) in [5, 5.41) is 3.93. The van der Waals surface area contributed by atoms with Gasteiger partial charge >= 0.3 is 0 Å². The summed E-state index contributed by atoms with van der Waals surface area (Å²) >= 11 is 5.86. The third kappa shape index (κ3) is 5.83. The van der Waals surface area contributed by atoms with E-state index in [9.17, 15) is 4.39 Å². The van der Waals surface area contributed by atoms with E-state index in [4.69, 9.17) is 11.6 Å². The topological polar surface area (TPSA) is 12.0 Å². The quantitative estimate of drug-likeness (QED) is 0.661. The Morgan fingerprint density at radius 1 is 1.28 bits per heavy atom. The number of hydrogen-bond acceptors (Lipinski definition) is 1. The molecule has 0 aliphatic carbocycles. The van der Waals surface area contributed by atoms with Crippen molar-refractivity contribution in [3.8, 4) is 0 Å². The van der Waals surface area contributed by atoms with Gasteiger partial charge in [-0.15, -0.1) is 0 Å². The molecule has 0 amide bonds. The highest BCUT2D eigenvalue weighted by Gasteiger charge is 2.05. The van der Waals surface area contributed by atoms with Crippen molar-refractivity contribution in [3.05, 3.63) is 34.6 Å². The van der Waals surface area contributed by atoms with E-state index in [1.54, 1.807) is 12.1 Å². The van der Waals surface area contributed by atoms with Crippen LogP contribution in [-0.2, 0) is 6.54 Å². The third-order valence-corrected chi connectivity index (χ3v) is 3.37. The summed E-state index contributed by atoms with van der Waals surface area (Å²) in [7, 11) is 0. The zero-order valence-corrected chi connectivity index (χ0v) is 12.1. The molecular formula is C15H23ClFN. The van der Waals surface area contributed by atoms with Gasteiger partial charge < -0.3 is 5.32 Å². The van der Waals surface area contributed by atoms with Crippen molar-refractivity contribution in [3.63, 3.8) is 0 Å². The van der Waals surface area contributed by atoms with Crippen LogP contribution in [0.15, 0.2) is 18.2 Å². The number of halogens is 2. The fraction of sp³-hybridized carbons (Fsp3) is 0.600. The molecule has 0 heterocycles. The van der Waals surface area contributed by atoms with Gasteiger partial charge in [-0.25, -0.2) is 4.39 Å². The Hall–Kier alpha value is -0.600. The van der Waals surface area contributed by atoms with Crippen LogP contribution in [0.1, 0.15) is 51.5 Å². The molecule has 0 aromatic heterocycles. The lowest BCUT2D eigenvalue weighted by Crippen LogP contribution is -2.25. The van der Waals surface area contributed by atoms with Crippen LogP contribution in [0.25, 0.3) is 0 Å². The lowest BCUT2D eigenvalue weighted by Gasteiger charge is -2.14. The second kappa shape index (κ2) is 8.49. The van der Waals surface area contributed by atoms with Gasteiger partial charge in [-0.1, -0.05) is 44.2 Å². The van der Waals surface area contributed by atoms with Crippen molar-refractivity contribution in [1.82, 2.24) is 5.32 Å². The zero-order valence-electron chi connectivity index (χ0n) is 11.3. The molecule has 0 spiro atoms. The number of benzene rings is 1. The van der Waals surface area contributed by atoms with Crippen molar-refractivity contribution >= 4 is 11.6 Å². The highest BCUT2D eigenvalue weighted by molar-refractivity contribution is 6.30. The smallest absolute Gasteiger partial charge is 0.127 e. The molecule has 0 fully saturated rings. The summed E-state index contributed by atoms with van der Waals surface area (Å²) in [6.07, 6.45) is 6.22. The molecule has 1 aromatic rings. The van der Waals surface area contributed by atoms with Crippen molar-refractivity contribution in [2.75, 3.05) is 0 Å². The fourth-order valence-corrected chi connectivity index (χ4v) is 2.14. The first kappa shape index (κ1) is 15.5. The minimum absolute atomic E-state index is 0.190. The number of nitrogens with one attached hydrogen (secondary N) is 1. The molecule has 1 atom stereocenters. The molecule has 18 heavy (non-hydrogen) atoms. The standard InChI is InChI=1S/C15H23ClFN/c1-3-4-5-6-7-12(2)18-11-13-10-14(16)8-9-15(13)17/h8-10,12,18H,3-7,11H2,1-2H3. The first-order valence-electron chi connectivity index (χ1n) is 6.80. The number of rotatable bonds is 8. The number of unbranched alkanes of at least 4 members (excludes halogenated alkanes) is 3. The summed E-state index contributed by atoms with van der Waals surface area (Å²) in [5.41, 5.74) is 0.642. The van der Waals surface area contributed by atoms with Crippen LogP contribution in [0.3, 0.4) is 0 Å². The maximum atomic E-state index is 13.5. The van der Waals surface area contributed by atoms with Gasteiger partial charge in [0.2, 0.25) is 0 Å². The van der Waals surface area contributed by atoms with E-state index in [0.29, 0.717) is 23.2 Å². The van der Waals surface area contributed by atoms with Gasteiger partial charge in [0, 0.05) is 23.2 Å². The van der Waals surface area contributed by atoms with E-state index in [0.717, 1.165) is 6.42 Å². The monoisotopic (exact) mass is 271 g/mol. The van der Waals surface area contributed by atoms with Gasteiger partial charge in [-0.3, -0.25) is 0 Å². The van der Waals surface area contributed by atoms with E-state index in [2.05, 4.69) is 19.2 Å². The summed E-state index contributed by atoms with van der Waals surface area (Å²) in [6.45, 7) is 4.90. The molecule has 1 unspecified atom stereocenters. The molecule has 102 valence electrons. The molecule has 0 saturated heterocycles. The van der Waals surface area contributed by atoms with E-state index in [-0.39, 0.29) is 5.82 Å². The Morgan fingerprint density at radius 3 is 2.78 bits per heavy atom. The Morgan fingerprint density at radius 2 is 2.06 bits per heavy atom. The maximum absolute atomic E-state index is 13.5. The second-order valence-electron chi connectivity index (χ2n) is 4.87. The highest BCUT2D eigenvalue weighted by atomic mass is 35.5. The Bertz CT molecular complexity index is 354. The van der Waals surface area contributed by atoms with Crippen LogP contribution >= 0.6 is 11.6 Å². The van der Waals surface area contributed by atoms with Gasteiger partial charge in [0.25, 0.3) is 0 Å². The van der Waals surface area contributed by atoms with Crippen LogP contribution in [0, 0.1) is 5.82 Å². The van der Waals surface area contributed by atoms with Gasteiger partial charge in [-0.05, 0) is 31.5 Å². The molecule has 3 heteroatoms. The molecule has 1 N–H and O–H groups in total. The lowest BCUT2D eigenvalue weighted by atomic mass is 10.1. The van der Waals surface area contributed by atoms with Gasteiger partial charge in [-0.2, -0.15) is 0 Å². The van der Waals surface area contributed by atoms with Crippen molar-refractivity contribution in [1.29, 1.82) is 0 Å². The van der Waals surface area contributed by atoms with Crippen LogP contribution in [-0.4, -0.2) is 6.04 Å². The molecule has 0 aliphatic heterocycles. The van der Waals surface area contributed by atoms with Crippen molar-refractivity contribution < 1.29 is 4.39 Å². The lowest BCUT2D eigenvalue weighted by molar-refractivity contribution is 0.475. The molecule has 0 aliphatic rings. The summed E-state index contributed by atoms with van der Waals surface area (Å²) in [4.78, 5) is 0. The van der Waals surface area contributed by atoms with Gasteiger partial charge in [0.1, 0.15) is 5.82 Å². The van der Waals surface area contributed by atoms with E-state index >= 15 is 0 Å². The van der Waals surface area contributed by atoms with E-state index in [1.807, 2.05) is 0 Å². The second-order valence-corrected chi connectivity index (χ2v) is 5.30. The predicted molar refractivity (Wildman–Crippen MR) is 76.5 cm³/mol. The van der Waals surface area contributed by atoms with Crippen molar-refractivity contribution in [2.24, 2.45) is 0 Å². The average molecular weight is 272 g/mol. The number of hydrogen-bond donors (Lipinski definition) is 1. The summed E-state index contributed by atoms with van der Waals surface area (Å²) in [5.74, 6) is -0.190. The third-order valence-electron chi connectivity index (χ3n) is 3.14. The Balaban J connectivity index is 2.29. The highest BCUT2D eigenvalue weighted by Crippen LogP contribution is 2.15. The molecular weight excluding hydrogens is 249 g/mol. The minimum Gasteiger partial charge on any atom is -0.310 e. The molecule has 1 rings (SSSR count). The van der Waals surface area contributed by atoms with Crippen LogP contribution in [0.5, 0.6) is 0 Å². The van der Waals surface area contributed by atoms with E-state index in [1.165, 1.54) is 31.7 Å². The average Bonchev–Trinajstić information content (AvgIpc) is 2.36. The molecule has 0 saturated carbocycles. The van der Waals surface area contributed by atoms with Crippen LogP contribution < -0.4 is 5.32 Å². The summed E-state index contributed by atoms with van der Waals surface area (Å²) < 4.78 is 13.5. The molecule has 1 aromatic carbocycles. The molecule has 1 nitrogen and oxygen atoms in total. The first-order valence-corrected chi connectivity index (χ1v) is 7.18. The molecule has 0 bridgehead atoms. The van der Waals surface area contributed by atoms with Crippen LogP contribution in [0.2, 0.25) is 5.02 Å². The van der Waals surface area contributed by atoms with E-state index < -0.39 is 0 Å². The van der Waals surface area contributed by atoms with Gasteiger partial charge in [0.05, 0.1) is 0 Å². The predicted octanol–water partition coefficient (Wildman–Crippen LogP) is 4.93. The van der Waals surface area contributed by atoms with Crippen LogP contribution in [0.4, 0.5) is 4.39 Å². The largest absolute Gasteiger partial charge is 0.310 e. The Kier molecular flexibility index (Phi) is 7.29. The van der Waals surface area contributed by atoms with Gasteiger partial charge in [0.15, 0.2) is 0 Å². The molecule has 0 radical (unpaired) electrons. The SMILES string of the molecule is CCCCCCC(C)NCc1cc(Cl)ccc1F. The summed E-state index contributed by atoms with van der Waals surface area (Å²) in [6, 6.07) is 5.10. The van der Waals surface area contributed by atoms with Crippen molar-refractivity contribution in [2.45, 2.75) is 58.5 Å². The zero-order chi connectivity index (χ0) is 13.4. The minimum atomic E-state index is -0.190. The fourth-order valence-electron chi connectivity index (χ4n) is 1.94. The Labute approximate surface area is 115 Å². The normalized spacial score (nSPS) is 12.7. The maximum Gasteiger partial charge on any atom is 0.127 e.